The maximum absolute atomic E-state index is 5.66. The summed E-state index contributed by atoms with van der Waals surface area (Å²) >= 11 is 0. The number of hydrogen-bond acceptors (Lipinski definition) is 3. The van der Waals surface area contributed by atoms with Gasteiger partial charge in [0.05, 0.1) is 12.7 Å². The first-order valence-corrected chi connectivity index (χ1v) is 7.10. The van der Waals surface area contributed by atoms with E-state index in [1.165, 1.54) is 5.19 Å². The van der Waals surface area contributed by atoms with Crippen molar-refractivity contribution in [2.75, 3.05) is 20.8 Å². The van der Waals surface area contributed by atoms with Crippen LogP contribution in [0.4, 0.5) is 0 Å². The second kappa shape index (κ2) is 4.45. The molecule has 0 radical (unpaired) electrons. The van der Waals surface area contributed by atoms with E-state index in [-0.39, 0.29) is 0 Å². The minimum Gasteiger partial charge on any atom is -0.394 e. The fraction of sp³-hybridized carbons (Fsp3) is 0.455. The van der Waals surface area contributed by atoms with Gasteiger partial charge in [-0.05, 0) is 5.19 Å². The van der Waals surface area contributed by atoms with Crippen LogP contribution in [0.1, 0.15) is 0 Å². The molecule has 1 aliphatic rings. The van der Waals surface area contributed by atoms with Gasteiger partial charge in [-0.15, -0.1) is 0 Å². The van der Waals surface area contributed by atoms with Gasteiger partial charge in [-0.1, -0.05) is 30.3 Å². The molecule has 1 aromatic carbocycles. The van der Waals surface area contributed by atoms with E-state index in [0.29, 0.717) is 6.10 Å². The van der Waals surface area contributed by atoms with E-state index in [4.69, 9.17) is 13.6 Å². The van der Waals surface area contributed by atoms with Crippen LogP contribution in [0.2, 0.25) is 6.04 Å². The van der Waals surface area contributed by atoms with Crippen LogP contribution in [-0.4, -0.2) is 35.5 Å². The molecule has 2 rings (SSSR count). The van der Waals surface area contributed by atoms with E-state index < -0.39 is 8.56 Å². The molecule has 15 heavy (non-hydrogen) atoms. The van der Waals surface area contributed by atoms with Crippen LogP contribution in [-0.2, 0) is 13.6 Å². The van der Waals surface area contributed by atoms with Crippen LogP contribution >= 0.6 is 0 Å². The first-order chi connectivity index (χ1) is 7.30. The number of rotatable bonds is 5. The Morgan fingerprint density at radius 3 is 2.33 bits per heavy atom. The Bertz CT molecular complexity index is 307. The molecule has 1 aliphatic heterocycles. The molecule has 1 fully saturated rings. The lowest BCUT2D eigenvalue weighted by Crippen LogP contribution is -2.53. The molecule has 1 heterocycles. The van der Waals surface area contributed by atoms with Gasteiger partial charge in [0.2, 0.25) is 0 Å². The highest BCUT2D eigenvalue weighted by atomic mass is 28.4. The fourth-order valence-corrected chi connectivity index (χ4v) is 4.52. The van der Waals surface area contributed by atoms with E-state index in [2.05, 4.69) is 12.1 Å². The van der Waals surface area contributed by atoms with E-state index in [0.717, 1.165) is 12.7 Å². The van der Waals surface area contributed by atoms with Gasteiger partial charge in [-0.2, -0.15) is 0 Å². The van der Waals surface area contributed by atoms with Crippen molar-refractivity contribution in [1.82, 2.24) is 0 Å². The summed E-state index contributed by atoms with van der Waals surface area (Å²) in [5.74, 6) is 0. The van der Waals surface area contributed by atoms with Crippen molar-refractivity contribution in [3.63, 3.8) is 0 Å². The topological polar surface area (TPSA) is 31.0 Å². The van der Waals surface area contributed by atoms with Gasteiger partial charge in [0.1, 0.15) is 0 Å². The third kappa shape index (κ3) is 2.29. The summed E-state index contributed by atoms with van der Waals surface area (Å²) in [5, 5.41) is 1.17. The zero-order valence-corrected chi connectivity index (χ0v) is 10.1. The molecule has 0 aromatic heterocycles. The third-order valence-electron chi connectivity index (χ3n) is 2.77. The van der Waals surface area contributed by atoms with Crippen LogP contribution in [0.3, 0.4) is 0 Å². The van der Waals surface area contributed by atoms with Crippen molar-refractivity contribution in [2.24, 2.45) is 0 Å². The molecule has 1 atom stereocenters. The summed E-state index contributed by atoms with van der Waals surface area (Å²) in [7, 11) is 1.21. The molecule has 0 amide bonds. The number of benzene rings is 1. The van der Waals surface area contributed by atoms with Crippen LogP contribution < -0.4 is 5.19 Å². The van der Waals surface area contributed by atoms with Crippen LogP contribution in [0.5, 0.6) is 0 Å². The molecule has 0 bridgehead atoms. The van der Waals surface area contributed by atoms with Gasteiger partial charge in [-0.25, -0.2) is 0 Å². The molecule has 0 spiro atoms. The molecule has 0 N–H and O–H groups in total. The molecular weight excluding hydrogens is 208 g/mol. The van der Waals surface area contributed by atoms with Gasteiger partial charge < -0.3 is 13.6 Å². The lowest BCUT2D eigenvalue weighted by Gasteiger charge is -2.26. The van der Waals surface area contributed by atoms with Gasteiger partial charge in [0.25, 0.3) is 0 Å². The monoisotopic (exact) mass is 224 g/mol. The minimum atomic E-state index is -2.25. The third-order valence-corrected chi connectivity index (χ3v) is 6.30. The van der Waals surface area contributed by atoms with Crippen molar-refractivity contribution in [3.8, 4) is 0 Å². The van der Waals surface area contributed by atoms with Crippen LogP contribution in [0.25, 0.3) is 0 Å². The maximum Gasteiger partial charge on any atom is 0.374 e. The Morgan fingerprint density at radius 2 is 1.87 bits per heavy atom. The molecule has 0 aliphatic carbocycles. The summed E-state index contributed by atoms with van der Waals surface area (Å²) in [4.78, 5) is 0. The lowest BCUT2D eigenvalue weighted by molar-refractivity contribution is 0.251. The van der Waals surface area contributed by atoms with Crippen molar-refractivity contribution < 1.29 is 13.6 Å². The van der Waals surface area contributed by atoms with E-state index in [9.17, 15) is 0 Å². The Morgan fingerprint density at radius 1 is 1.27 bits per heavy atom. The predicted molar refractivity (Wildman–Crippen MR) is 60.4 cm³/mol. The summed E-state index contributed by atoms with van der Waals surface area (Å²) in [5.41, 5.74) is 0. The molecule has 1 unspecified atom stereocenters. The highest BCUT2D eigenvalue weighted by molar-refractivity contribution is 6.81. The molecular formula is C11H16O3Si. The first-order valence-electron chi connectivity index (χ1n) is 5.08. The summed E-state index contributed by atoms with van der Waals surface area (Å²) < 4.78 is 16.6. The lowest BCUT2D eigenvalue weighted by atomic mass is 10.4. The highest BCUT2D eigenvalue weighted by Gasteiger charge is 2.44. The quantitative estimate of drug-likeness (QED) is 0.553. The van der Waals surface area contributed by atoms with Crippen molar-refractivity contribution >= 4 is 13.7 Å². The Balaban J connectivity index is 2.23. The Labute approximate surface area is 91.2 Å². The summed E-state index contributed by atoms with van der Waals surface area (Å²) in [6.45, 7) is 0.842. The smallest absolute Gasteiger partial charge is 0.374 e. The zero-order valence-electron chi connectivity index (χ0n) is 9.10. The Hall–Kier alpha value is -0.683. The molecule has 0 saturated carbocycles. The molecule has 4 heteroatoms. The first kappa shape index (κ1) is 10.8. The van der Waals surface area contributed by atoms with Gasteiger partial charge in [0.15, 0.2) is 0 Å². The van der Waals surface area contributed by atoms with Crippen molar-refractivity contribution in [2.45, 2.75) is 12.1 Å². The standard InChI is InChI=1S/C11H16O3Si/c1-12-15(13-2,9-10-8-14-10)11-6-4-3-5-7-11/h3-7,10H,8-9H2,1-2H3. The normalized spacial score (nSPS) is 20.3. The molecule has 3 nitrogen and oxygen atoms in total. The summed E-state index contributed by atoms with van der Waals surface area (Å²) in [6, 6.07) is 11.1. The molecule has 1 saturated heterocycles. The predicted octanol–water partition coefficient (Wildman–Crippen LogP) is 1.03. The van der Waals surface area contributed by atoms with Gasteiger partial charge >= 0.3 is 8.56 Å². The SMILES string of the molecule is CO[Si](CC1CO1)(OC)c1ccccc1. The van der Waals surface area contributed by atoms with Crippen LogP contribution in [0, 0.1) is 0 Å². The van der Waals surface area contributed by atoms with Gasteiger partial charge in [-0.3, -0.25) is 0 Å². The van der Waals surface area contributed by atoms with E-state index in [1.807, 2.05) is 18.2 Å². The van der Waals surface area contributed by atoms with Crippen LogP contribution in [0.15, 0.2) is 30.3 Å². The zero-order chi connectivity index (χ0) is 10.7. The summed E-state index contributed by atoms with van der Waals surface area (Å²) in [6.07, 6.45) is 0.330. The van der Waals surface area contributed by atoms with Crippen molar-refractivity contribution in [3.05, 3.63) is 30.3 Å². The fourth-order valence-electron chi connectivity index (χ4n) is 1.78. The number of epoxide rings is 1. The molecule has 82 valence electrons. The van der Waals surface area contributed by atoms with Gasteiger partial charge in [0, 0.05) is 20.3 Å². The Kier molecular flexibility index (Phi) is 3.21. The average molecular weight is 224 g/mol. The molecule has 1 aromatic rings. The van der Waals surface area contributed by atoms with E-state index in [1.54, 1.807) is 14.2 Å². The average Bonchev–Trinajstić information content (AvgIpc) is 3.11. The van der Waals surface area contributed by atoms with E-state index >= 15 is 0 Å². The highest BCUT2D eigenvalue weighted by Crippen LogP contribution is 2.23. The van der Waals surface area contributed by atoms with Crippen molar-refractivity contribution in [1.29, 1.82) is 0 Å². The maximum atomic E-state index is 5.66. The number of hydrogen-bond donors (Lipinski definition) is 0. The second-order valence-electron chi connectivity index (χ2n) is 3.69. The number of ether oxygens (including phenoxy) is 1. The second-order valence-corrected chi connectivity index (χ2v) is 6.99. The minimum absolute atomic E-state index is 0.330. The largest absolute Gasteiger partial charge is 0.394 e.